The van der Waals surface area contributed by atoms with Gasteiger partial charge in [-0.15, -0.1) is 0 Å². The van der Waals surface area contributed by atoms with E-state index < -0.39 is 0 Å². The lowest BCUT2D eigenvalue weighted by molar-refractivity contribution is 0.340. The van der Waals surface area contributed by atoms with Crippen molar-refractivity contribution >= 4 is 5.82 Å². The first-order valence-electron chi connectivity index (χ1n) is 6.19. The van der Waals surface area contributed by atoms with Gasteiger partial charge in [0.05, 0.1) is 12.3 Å². The molecule has 18 heavy (non-hydrogen) atoms. The highest BCUT2D eigenvalue weighted by Gasteiger charge is 2.03. The van der Waals surface area contributed by atoms with Crippen LogP contribution in [0, 0.1) is 0 Å². The van der Waals surface area contributed by atoms with Crippen LogP contribution in [0.4, 0.5) is 5.82 Å². The summed E-state index contributed by atoms with van der Waals surface area (Å²) in [6.45, 7) is 2.68. The van der Waals surface area contributed by atoms with Gasteiger partial charge in [-0.05, 0) is 37.5 Å². The summed E-state index contributed by atoms with van der Waals surface area (Å²) < 4.78 is 7.18. The predicted octanol–water partition coefficient (Wildman–Crippen LogP) is 2.19. The third-order valence-electron chi connectivity index (χ3n) is 2.85. The maximum absolute atomic E-state index is 5.75. The van der Waals surface area contributed by atoms with E-state index in [0.29, 0.717) is 12.4 Å². The van der Waals surface area contributed by atoms with E-state index in [9.17, 15) is 0 Å². The smallest absolute Gasteiger partial charge is 0.121 e. The molecular formula is C14H19N3O. The van der Waals surface area contributed by atoms with Gasteiger partial charge >= 0.3 is 0 Å². The number of benzene rings is 1. The van der Waals surface area contributed by atoms with E-state index in [1.807, 2.05) is 32.2 Å². The van der Waals surface area contributed by atoms with E-state index in [-0.39, 0.29) is 0 Å². The molecule has 0 atom stereocenters. The van der Waals surface area contributed by atoms with Crippen LogP contribution in [0.5, 0.6) is 5.75 Å². The summed E-state index contributed by atoms with van der Waals surface area (Å²) in [5.74, 6) is 1.63. The van der Waals surface area contributed by atoms with Gasteiger partial charge in [-0.2, -0.15) is 5.10 Å². The Labute approximate surface area is 107 Å². The number of nitrogen functional groups attached to an aromatic ring is 1. The summed E-state index contributed by atoms with van der Waals surface area (Å²) in [5, 5.41) is 4.34. The molecule has 0 amide bonds. The third-order valence-corrected chi connectivity index (χ3v) is 2.85. The van der Waals surface area contributed by atoms with Gasteiger partial charge in [0.2, 0.25) is 0 Å². The first-order chi connectivity index (χ1) is 8.69. The average Bonchev–Trinajstić information content (AvgIpc) is 2.67. The molecule has 1 aromatic carbocycles. The minimum atomic E-state index is 0.695. The number of anilines is 1. The molecule has 4 heteroatoms. The van der Waals surface area contributed by atoms with Gasteiger partial charge in [0.1, 0.15) is 11.6 Å². The van der Waals surface area contributed by atoms with Gasteiger partial charge in [-0.25, -0.2) is 0 Å². The van der Waals surface area contributed by atoms with Crippen LogP contribution in [0.1, 0.15) is 18.2 Å². The Morgan fingerprint density at radius 2 is 2.11 bits per heavy atom. The van der Waals surface area contributed by atoms with Gasteiger partial charge in [0.25, 0.3) is 0 Å². The highest BCUT2D eigenvalue weighted by molar-refractivity contribution is 5.32. The van der Waals surface area contributed by atoms with Gasteiger partial charge in [0, 0.05) is 13.1 Å². The molecule has 0 aliphatic carbocycles. The quantitative estimate of drug-likeness (QED) is 0.878. The highest BCUT2D eigenvalue weighted by Crippen LogP contribution is 2.15. The van der Waals surface area contributed by atoms with Crippen LogP contribution >= 0.6 is 0 Å². The molecule has 1 aromatic heterocycles. The van der Waals surface area contributed by atoms with Gasteiger partial charge < -0.3 is 10.5 Å². The summed E-state index contributed by atoms with van der Waals surface area (Å²) in [7, 11) is 1.86. The molecule has 4 nitrogen and oxygen atoms in total. The average molecular weight is 245 g/mol. The van der Waals surface area contributed by atoms with Gasteiger partial charge in [-0.1, -0.05) is 12.1 Å². The highest BCUT2D eigenvalue weighted by atomic mass is 16.5. The topological polar surface area (TPSA) is 53.1 Å². The second-order valence-corrected chi connectivity index (χ2v) is 4.26. The number of ether oxygens (including phenoxy) is 1. The lowest BCUT2D eigenvalue weighted by Gasteiger charge is -2.05. The molecule has 1 heterocycles. The predicted molar refractivity (Wildman–Crippen MR) is 72.6 cm³/mol. The van der Waals surface area contributed by atoms with Crippen molar-refractivity contribution in [1.82, 2.24) is 9.78 Å². The maximum Gasteiger partial charge on any atom is 0.121 e. The fourth-order valence-electron chi connectivity index (χ4n) is 1.90. The van der Waals surface area contributed by atoms with Crippen molar-refractivity contribution in [3.05, 3.63) is 41.6 Å². The van der Waals surface area contributed by atoms with Gasteiger partial charge in [0.15, 0.2) is 0 Å². The van der Waals surface area contributed by atoms with Gasteiger partial charge in [-0.3, -0.25) is 4.68 Å². The van der Waals surface area contributed by atoms with Crippen LogP contribution in [0.2, 0.25) is 0 Å². The Morgan fingerprint density at radius 3 is 2.78 bits per heavy atom. The minimum Gasteiger partial charge on any atom is -0.494 e. The van der Waals surface area contributed by atoms with E-state index in [1.165, 1.54) is 5.56 Å². The number of rotatable bonds is 5. The fraction of sp³-hybridized carbons (Fsp3) is 0.357. The van der Waals surface area contributed by atoms with Crippen LogP contribution in [0.25, 0.3) is 0 Å². The summed E-state index contributed by atoms with van der Waals surface area (Å²) in [6, 6.07) is 10.1. The van der Waals surface area contributed by atoms with E-state index in [4.69, 9.17) is 10.5 Å². The lowest BCUT2D eigenvalue weighted by atomic mass is 10.1. The summed E-state index contributed by atoms with van der Waals surface area (Å²) >= 11 is 0. The van der Waals surface area contributed by atoms with E-state index in [0.717, 1.165) is 24.3 Å². The Hall–Kier alpha value is -1.97. The molecule has 96 valence electrons. The van der Waals surface area contributed by atoms with Crippen LogP contribution in [-0.4, -0.2) is 16.4 Å². The molecule has 2 aromatic rings. The van der Waals surface area contributed by atoms with Crippen molar-refractivity contribution in [3.8, 4) is 5.75 Å². The van der Waals surface area contributed by atoms with E-state index in [1.54, 1.807) is 4.68 Å². The molecule has 0 saturated carbocycles. The van der Waals surface area contributed by atoms with Crippen LogP contribution in [0.15, 0.2) is 30.3 Å². The molecule has 0 unspecified atom stereocenters. The SMILES string of the molecule is CCOc1cccc(CCc2cc(N)n(C)n2)c1. The third kappa shape index (κ3) is 3.03. The number of nitrogens with two attached hydrogens (primary N) is 1. The Morgan fingerprint density at radius 1 is 1.28 bits per heavy atom. The van der Waals surface area contributed by atoms with Crippen LogP contribution in [0.3, 0.4) is 0 Å². The lowest BCUT2D eigenvalue weighted by Crippen LogP contribution is -1.98. The Balaban J connectivity index is 1.99. The van der Waals surface area contributed by atoms with Crippen molar-refractivity contribution < 1.29 is 4.74 Å². The normalized spacial score (nSPS) is 10.6. The molecule has 2 N–H and O–H groups in total. The standard InChI is InChI=1S/C14H19N3O/c1-3-18-13-6-4-5-11(9-13)7-8-12-10-14(15)17(2)16-12/h4-6,9-10H,3,7-8,15H2,1-2H3. The number of aryl methyl sites for hydroxylation is 3. The monoisotopic (exact) mass is 245 g/mol. The number of hydrogen-bond donors (Lipinski definition) is 1. The van der Waals surface area contributed by atoms with Crippen molar-refractivity contribution in [3.63, 3.8) is 0 Å². The molecule has 2 rings (SSSR count). The summed E-state index contributed by atoms with van der Waals surface area (Å²) in [6.07, 6.45) is 1.83. The molecule has 0 saturated heterocycles. The Kier molecular flexibility index (Phi) is 3.87. The second kappa shape index (κ2) is 5.58. The first-order valence-corrected chi connectivity index (χ1v) is 6.19. The molecular weight excluding hydrogens is 226 g/mol. The van der Waals surface area contributed by atoms with Crippen molar-refractivity contribution in [2.75, 3.05) is 12.3 Å². The van der Waals surface area contributed by atoms with Crippen LogP contribution < -0.4 is 10.5 Å². The zero-order valence-corrected chi connectivity index (χ0v) is 10.9. The molecule has 0 fully saturated rings. The first kappa shape index (κ1) is 12.5. The number of aromatic nitrogens is 2. The maximum atomic E-state index is 5.75. The number of hydrogen-bond acceptors (Lipinski definition) is 3. The molecule has 0 spiro atoms. The van der Waals surface area contributed by atoms with Crippen molar-refractivity contribution in [1.29, 1.82) is 0 Å². The molecule has 0 bridgehead atoms. The second-order valence-electron chi connectivity index (χ2n) is 4.26. The van der Waals surface area contributed by atoms with E-state index >= 15 is 0 Å². The minimum absolute atomic E-state index is 0.695. The zero-order chi connectivity index (χ0) is 13.0. The fourth-order valence-corrected chi connectivity index (χ4v) is 1.90. The number of nitrogens with zero attached hydrogens (tertiary/aromatic N) is 2. The largest absolute Gasteiger partial charge is 0.494 e. The molecule has 0 radical (unpaired) electrons. The van der Waals surface area contributed by atoms with Crippen LogP contribution in [-0.2, 0) is 19.9 Å². The van der Waals surface area contributed by atoms with Crippen molar-refractivity contribution in [2.45, 2.75) is 19.8 Å². The summed E-state index contributed by atoms with van der Waals surface area (Å²) in [5.41, 5.74) is 8.03. The molecule has 0 aliphatic rings. The Bertz CT molecular complexity index is 500. The van der Waals surface area contributed by atoms with Crippen molar-refractivity contribution in [2.24, 2.45) is 7.05 Å². The van der Waals surface area contributed by atoms with E-state index in [2.05, 4.69) is 17.2 Å². The summed E-state index contributed by atoms with van der Waals surface area (Å²) in [4.78, 5) is 0. The molecule has 0 aliphatic heterocycles. The zero-order valence-electron chi connectivity index (χ0n) is 10.9.